The summed E-state index contributed by atoms with van der Waals surface area (Å²) in [6, 6.07) is 17.4. The molecule has 4 heterocycles. The Labute approximate surface area is 317 Å². The van der Waals surface area contributed by atoms with Gasteiger partial charge < -0.3 is 24.2 Å². The molecule has 3 aromatic heterocycles. The molecule has 4 saturated carbocycles. The first-order valence-corrected chi connectivity index (χ1v) is 19.6. The second-order valence-corrected chi connectivity index (χ2v) is 16.8. The summed E-state index contributed by atoms with van der Waals surface area (Å²) < 4.78 is 20.3. The molecule has 4 bridgehead atoms. The molecule has 4 aliphatic carbocycles. The molecular weight excluding hydrogens is 705 g/mol. The fourth-order valence-corrected chi connectivity index (χ4v) is 11.2. The van der Waals surface area contributed by atoms with Crippen molar-refractivity contribution in [3.05, 3.63) is 83.2 Å². The van der Waals surface area contributed by atoms with E-state index in [2.05, 4.69) is 25.9 Å². The van der Waals surface area contributed by atoms with Crippen molar-refractivity contribution < 1.29 is 28.9 Å². The number of hydrogen-bond donors (Lipinski definition) is 2. The van der Waals surface area contributed by atoms with Gasteiger partial charge in [0, 0.05) is 49.1 Å². The molecule has 1 aliphatic heterocycles. The Balaban J connectivity index is 0.958. The molecule has 2 N–H and O–H groups in total. The van der Waals surface area contributed by atoms with Gasteiger partial charge in [-0.1, -0.05) is 35.6 Å². The van der Waals surface area contributed by atoms with Gasteiger partial charge in [0.05, 0.1) is 35.2 Å². The number of thiazole rings is 1. The summed E-state index contributed by atoms with van der Waals surface area (Å²) in [7, 11) is 1.72. The Morgan fingerprint density at radius 1 is 1.00 bits per heavy atom. The summed E-state index contributed by atoms with van der Waals surface area (Å²) >= 11 is 1.44. The lowest BCUT2D eigenvalue weighted by atomic mass is 9.48. The van der Waals surface area contributed by atoms with Gasteiger partial charge in [0.2, 0.25) is 5.88 Å². The highest BCUT2D eigenvalue weighted by Crippen LogP contribution is 2.63. The molecule has 0 radical (unpaired) electrons. The van der Waals surface area contributed by atoms with Crippen molar-refractivity contribution in [1.29, 1.82) is 0 Å². The van der Waals surface area contributed by atoms with E-state index in [9.17, 15) is 14.7 Å². The number of anilines is 2. The predicted molar refractivity (Wildman–Crippen MR) is 205 cm³/mol. The smallest absolute Gasteiger partial charge is 0.449 e. The fraction of sp³-hybridized carbons (Fsp3) is 0.439. The van der Waals surface area contributed by atoms with Crippen LogP contribution in [-0.4, -0.2) is 69.4 Å². The van der Waals surface area contributed by atoms with Crippen molar-refractivity contribution in [2.45, 2.75) is 70.6 Å². The van der Waals surface area contributed by atoms with E-state index in [1.54, 1.807) is 13.3 Å². The van der Waals surface area contributed by atoms with Gasteiger partial charge in [-0.15, -0.1) is 0 Å². The van der Waals surface area contributed by atoms with Crippen LogP contribution in [0.2, 0.25) is 0 Å². The maximum Gasteiger partial charge on any atom is 0.512 e. The third-order valence-corrected chi connectivity index (χ3v) is 13.0. The molecule has 280 valence electrons. The molecular formula is C41H44N6O6S. The van der Waals surface area contributed by atoms with Crippen molar-refractivity contribution in [3.63, 3.8) is 0 Å². The molecule has 54 heavy (non-hydrogen) atoms. The van der Waals surface area contributed by atoms with Crippen LogP contribution in [0.5, 0.6) is 5.88 Å². The van der Waals surface area contributed by atoms with Gasteiger partial charge in [-0.05, 0) is 111 Å². The third kappa shape index (κ3) is 6.52. The van der Waals surface area contributed by atoms with Crippen LogP contribution in [0.4, 0.5) is 15.7 Å². The number of carboxylic acid groups (broad SMARTS) is 1. The van der Waals surface area contributed by atoms with Gasteiger partial charge in [0.15, 0.2) is 5.13 Å². The largest absolute Gasteiger partial charge is 0.512 e. The highest BCUT2D eigenvalue weighted by atomic mass is 32.1. The maximum atomic E-state index is 13.6. The molecule has 5 aliphatic rings. The Hall–Kier alpha value is -4.85. The Kier molecular flexibility index (Phi) is 8.90. The van der Waals surface area contributed by atoms with E-state index in [1.165, 1.54) is 30.6 Å². The molecule has 2 unspecified atom stereocenters. The molecule has 2 aromatic carbocycles. The van der Waals surface area contributed by atoms with E-state index in [0.717, 1.165) is 58.4 Å². The van der Waals surface area contributed by atoms with Gasteiger partial charge in [-0.3, -0.25) is 14.8 Å². The number of nitrogens with one attached hydrogen (secondary N) is 1. The summed E-state index contributed by atoms with van der Waals surface area (Å²) in [4.78, 5) is 37.0. The first-order valence-electron chi connectivity index (χ1n) is 18.8. The van der Waals surface area contributed by atoms with Crippen LogP contribution in [0.3, 0.4) is 0 Å². The number of para-hydroxylation sites is 1. The number of carbonyl (C=O) groups excluding carboxylic acids is 1. The van der Waals surface area contributed by atoms with Gasteiger partial charge in [0.1, 0.15) is 5.82 Å². The Morgan fingerprint density at radius 3 is 2.63 bits per heavy atom. The number of hydrogen-bond acceptors (Lipinski definition) is 10. The zero-order valence-corrected chi connectivity index (χ0v) is 31.4. The average Bonchev–Trinajstić information content (AvgIpc) is 3.72. The van der Waals surface area contributed by atoms with Gasteiger partial charge in [0.25, 0.3) is 5.91 Å². The minimum Gasteiger partial charge on any atom is -0.449 e. The van der Waals surface area contributed by atoms with Gasteiger partial charge >= 0.3 is 6.16 Å². The number of methoxy groups -OCH3 is 1. The number of rotatable bonds is 11. The number of pyridine rings is 1. The van der Waals surface area contributed by atoms with Crippen LogP contribution in [0.1, 0.15) is 65.7 Å². The number of benzene rings is 2. The number of amides is 1. The number of fused-ring (bicyclic) bond motifs is 2. The molecule has 5 aromatic rings. The summed E-state index contributed by atoms with van der Waals surface area (Å²) in [6.45, 7) is 5.13. The van der Waals surface area contributed by atoms with Crippen molar-refractivity contribution in [3.8, 4) is 17.0 Å². The van der Waals surface area contributed by atoms with Gasteiger partial charge in [-0.25, -0.2) is 9.78 Å². The van der Waals surface area contributed by atoms with E-state index in [1.807, 2.05) is 55.5 Å². The summed E-state index contributed by atoms with van der Waals surface area (Å²) in [5.74, 6) is 1.69. The predicted octanol–water partition coefficient (Wildman–Crippen LogP) is 7.74. The third-order valence-electron chi connectivity index (χ3n) is 12.1. The molecule has 2 atom stereocenters. The summed E-state index contributed by atoms with van der Waals surface area (Å²) in [5, 5.41) is 18.2. The van der Waals surface area contributed by atoms with E-state index < -0.39 is 6.16 Å². The van der Waals surface area contributed by atoms with Gasteiger partial charge in [-0.2, -0.15) is 10.1 Å². The molecule has 0 spiro atoms. The first-order chi connectivity index (χ1) is 26.2. The minimum atomic E-state index is -1.43. The molecule has 10 rings (SSSR count). The Bertz CT molecular complexity index is 2200. The quantitative estimate of drug-likeness (QED) is 0.102. The van der Waals surface area contributed by atoms with Crippen molar-refractivity contribution in [2.24, 2.45) is 17.3 Å². The highest BCUT2D eigenvalue weighted by Gasteiger charge is 2.58. The first kappa shape index (κ1) is 34.9. The number of carbonyl (C=O) groups is 2. The molecule has 0 saturated heterocycles. The monoisotopic (exact) mass is 748 g/mol. The lowest BCUT2D eigenvalue weighted by Gasteiger charge is -2.61. The van der Waals surface area contributed by atoms with E-state index >= 15 is 0 Å². The molecule has 4 fully saturated rings. The van der Waals surface area contributed by atoms with E-state index in [0.29, 0.717) is 66.6 Å². The molecule has 1 amide bonds. The lowest BCUT2D eigenvalue weighted by molar-refractivity contribution is -0.200. The van der Waals surface area contributed by atoms with Crippen LogP contribution >= 0.6 is 11.3 Å². The van der Waals surface area contributed by atoms with E-state index in [4.69, 9.17) is 24.3 Å². The number of nitrogens with zero attached hydrogens (tertiary/aromatic N) is 5. The average molecular weight is 749 g/mol. The normalized spacial score (nSPS) is 24.1. The summed E-state index contributed by atoms with van der Waals surface area (Å²) in [5.41, 5.74) is 5.76. The summed E-state index contributed by atoms with van der Waals surface area (Å²) in [6.07, 6.45) is 8.01. The second-order valence-electron chi connectivity index (χ2n) is 15.7. The zero-order chi connectivity index (χ0) is 37.0. The van der Waals surface area contributed by atoms with Crippen molar-refractivity contribution >= 4 is 44.6 Å². The Morgan fingerprint density at radius 2 is 1.83 bits per heavy atom. The van der Waals surface area contributed by atoms with Crippen molar-refractivity contribution in [1.82, 2.24) is 19.7 Å². The number of ether oxygens (including phenoxy) is 3. The van der Waals surface area contributed by atoms with E-state index in [-0.39, 0.29) is 22.8 Å². The van der Waals surface area contributed by atoms with Crippen LogP contribution < -0.4 is 15.0 Å². The van der Waals surface area contributed by atoms with Crippen LogP contribution in [0, 0.1) is 24.2 Å². The zero-order valence-electron chi connectivity index (χ0n) is 30.5. The van der Waals surface area contributed by atoms with Crippen LogP contribution in [-0.2, 0) is 29.0 Å². The minimum absolute atomic E-state index is 0.00983. The second kappa shape index (κ2) is 13.8. The topological polar surface area (TPSA) is 141 Å². The maximum absolute atomic E-state index is 13.6. The molecule has 13 heteroatoms. The lowest BCUT2D eigenvalue weighted by Crippen LogP contribution is -2.58. The molecule has 12 nitrogen and oxygen atoms in total. The van der Waals surface area contributed by atoms with Crippen molar-refractivity contribution in [2.75, 3.05) is 37.1 Å². The fourth-order valence-electron chi connectivity index (χ4n) is 10.3. The SMILES string of the molecule is COCCOC12CC3CC(CC(Cn4ncc(-c5ccc(N6CCc7cccc(C(=O)Nc8nc9ccccc9s8)c7C6)nc5OC(=O)O)c4C)(C3)C1)C2. The highest BCUT2D eigenvalue weighted by molar-refractivity contribution is 7.22. The van der Waals surface area contributed by atoms with Crippen LogP contribution in [0.25, 0.3) is 21.3 Å². The standard InChI is InChI=1S/C41H44N6O6S/c1-25-31(21-42-47(25)24-40-17-26-16-27(18-40)20-41(19-26,23-40)52-15-14-51-2)30-10-11-35(44-37(30)53-39(49)50)46-13-12-28-6-5-7-29(32(28)22-46)36(48)45-38-43-33-8-3-4-9-34(33)54-38/h3-11,21,26-27H,12-20,22-24H2,1-2H3,(H,49,50)(H,43,45,48). The number of aromatic nitrogens is 4. The van der Waals surface area contributed by atoms with Crippen LogP contribution in [0.15, 0.2) is 60.8 Å².